The number of aliphatic hydroxyl groups excluding tert-OH is 1. The van der Waals surface area contributed by atoms with Crippen LogP contribution in [-0.4, -0.2) is 35.3 Å². The Hall–Kier alpha value is -1.26. The number of fused-ring (bicyclic) bond motifs is 2. The van der Waals surface area contributed by atoms with Crippen LogP contribution in [0.15, 0.2) is 18.2 Å². The number of anilines is 1. The van der Waals surface area contributed by atoms with Crippen molar-refractivity contribution in [2.45, 2.75) is 50.4 Å². The van der Waals surface area contributed by atoms with Crippen molar-refractivity contribution in [1.29, 1.82) is 0 Å². The molecule has 2 heterocycles. The molecule has 4 heteroatoms. The van der Waals surface area contributed by atoms with E-state index in [1.165, 1.54) is 18.4 Å². The van der Waals surface area contributed by atoms with E-state index in [9.17, 15) is 5.11 Å². The quantitative estimate of drug-likeness (QED) is 0.815. The summed E-state index contributed by atoms with van der Waals surface area (Å²) < 4.78 is 5.27. The van der Waals surface area contributed by atoms with Crippen molar-refractivity contribution in [2.75, 3.05) is 12.8 Å². The molecule has 2 aliphatic heterocycles. The fraction of sp³-hybridized carbons (Fsp3) is 0.600. The fourth-order valence-electron chi connectivity index (χ4n) is 3.61. The first-order chi connectivity index (χ1) is 9.15. The molecular weight excluding hydrogens is 240 g/mol. The molecule has 1 aromatic rings. The van der Waals surface area contributed by atoms with Crippen LogP contribution in [0.1, 0.15) is 31.2 Å². The average molecular weight is 262 g/mol. The number of nitrogen functional groups attached to an aromatic ring is 1. The number of hydrogen-bond donors (Lipinski definition) is 2. The summed E-state index contributed by atoms with van der Waals surface area (Å²) in [5.74, 6) is 0.819. The standard InChI is InChI=1S/C15H22N2O2/c1-19-15-5-10(4-11(16)6-15)9-17-12-2-3-13(17)8-14(18)7-12/h4-6,12-14,18H,2-3,7-9,16H2,1H3. The lowest BCUT2D eigenvalue weighted by atomic mass is 9.99. The van der Waals surface area contributed by atoms with Gasteiger partial charge in [0.1, 0.15) is 5.75 Å². The van der Waals surface area contributed by atoms with E-state index in [0.29, 0.717) is 12.1 Å². The first-order valence-electron chi connectivity index (χ1n) is 7.03. The second-order valence-electron chi connectivity index (χ2n) is 5.80. The summed E-state index contributed by atoms with van der Waals surface area (Å²) in [6.45, 7) is 0.906. The predicted molar refractivity (Wildman–Crippen MR) is 75.0 cm³/mol. The Labute approximate surface area is 114 Å². The molecule has 104 valence electrons. The lowest BCUT2D eigenvalue weighted by Crippen LogP contribution is -2.44. The van der Waals surface area contributed by atoms with Gasteiger partial charge in [0.25, 0.3) is 0 Å². The SMILES string of the molecule is COc1cc(N)cc(CN2C3CCC2CC(O)C3)c1. The molecule has 2 fully saturated rings. The summed E-state index contributed by atoms with van der Waals surface area (Å²) in [4.78, 5) is 2.53. The molecule has 2 aliphatic rings. The van der Waals surface area contributed by atoms with Crippen LogP contribution in [0.3, 0.4) is 0 Å². The molecule has 2 unspecified atom stereocenters. The van der Waals surface area contributed by atoms with E-state index in [-0.39, 0.29) is 6.10 Å². The van der Waals surface area contributed by atoms with E-state index in [1.54, 1.807) is 7.11 Å². The van der Waals surface area contributed by atoms with E-state index in [4.69, 9.17) is 10.5 Å². The van der Waals surface area contributed by atoms with Gasteiger partial charge in [-0.15, -0.1) is 0 Å². The second kappa shape index (κ2) is 5.02. The Morgan fingerprint density at radius 1 is 1.26 bits per heavy atom. The van der Waals surface area contributed by atoms with Crippen molar-refractivity contribution in [2.24, 2.45) is 0 Å². The van der Waals surface area contributed by atoms with E-state index in [1.807, 2.05) is 12.1 Å². The van der Waals surface area contributed by atoms with Gasteiger partial charge in [0, 0.05) is 30.4 Å². The number of nitrogens with two attached hydrogens (primary N) is 1. The lowest BCUT2D eigenvalue weighted by Gasteiger charge is -2.37. The molecule has 2 atom stereocenters. The number of methoxy groups -OCH3 is 1. The average Bonchev–Trinajstić information content (AvgIpc) is 2.60. The monoisotopic (exact) mass is 262 g/mol. The molecule has 0 spiro atoms. The van der Waals surface area contributed by atoms with Crippen LogP contribution in [0.5, 0.6) is 5.75 Å². The number of nitrogens with zero attached hydrogens (tertiary/aromatic N) is 1. The highest BCUT2D eigenvalue weighted by molar-refractivity contribution is 5.47. The van der Waals surface area contributed by atoms with Crippen LogP contribution < -0.4 is 10.5 Å². The van der Waals surface area contributed by atoms with E-state index in [0.717, 1.165) is 30.8 Å². The Kier molecular flexibility index (Phi) is 3.37. The lowest BCUT2D eigenvalue weighted by molar-refractivity contribution is 0.0310. The van der Waals surface area contributed by atoms with Crippen molar-refractivity contribution in [3.05, 3.63) is 23.8 Å². The highest BCUT2D eigenvalue weighted by atomic mass is 16.5. The Morgan fingerprint density at radius 3 is 2.58 bits per heavy atom. The van der Waals surface area contributed by atoms with Gasteiger partial charge in [0.15, 0.2) is 0 Å². The minimum absolute atomic E-state index is 0.107. The summed E-state index contributed by atoms with van der Waals surface area (Å²) in [5.41, 5.74) is 7.86. The summed E-state index contributed by atoms with van der Waals surface area (Å²) in [6, 6.07) is 6.98. The molecule has 0 aromatic heterocycles. The minimum atomic E-state index is -0.107. The van der Waals surface area contributed by atoms with Gasteiger partial charge >= 0.3 is 0 Å². The predicted octanol–water partition coefficient (Wildman–Crippen LogP) is 1.77. The van der Waals surface area contributed by atoms with Crippen LogP contribution in [0, 0.1) is 0 Å². The van der Waals surface area contributed by atoms with Gasteiger partial charge in [0.2, 0.25) is 0 Å². The molecule has 2 saturated heterocycles. The van der Waals surface area contributed by atoms with Crippen molar-refractivity contribution in [1.82, 2.24) is 4.90 Å². The van der Waals surface area contributed by atoms with Crippen LogP contribution in [0.4, 0.5) is 5.69 Å². The van der Waals surface area contributed by atoms with Gasteiger partial charge in [-0.05, 0) is 43.4 Å². The highest BCUT2D eigenvalue weighted by Gasteiger charge is 2.39. The zero-order chi connectivity index (χ0) is 13.4. The van der Waals surface area contributed by atoms with Gasteiger partial charge in [-0.25, -0.2) is 0 Å². The molecule has 3 N–H and O–H groups in total. The zero-order valence-corrected chi connectivity index (χ0v) is 11.4. The first kappa shape index (κ1) is 12.8. The number of benzene rings is 1. The summed E-state index contributed by atoms with van der Waals surface area (Å²) in [5, 5.41) is 9.83. The first-order valence-corrected chi connectivity index (χ1v) is 7.03. The molecule has 0 saturated carbocycles. The Balaban J connectivity index is 1.77. The van der Waals surface area contributed by atoms with Crippen LogP contribution in [0.2, 0.25) is 0 Å². The number of aliphatic hydroxyl groups is 1. The normalized spacial score (nSPS) is 30.5. The summed E-state index contributed by atoms with van der Waals surface area (Å²) in [6.07, 6.45) is 4.14. The highest BCUT2D eigenvalue weighted by Crippen LogP contribution is 2.37. The van der Waals surface area contributed by atoms with Crippen LogP contribution in [0.25, 0.3) is 0 Å². The second-order valence-corrected chi connectivity index (χ2v) is 5.80. The van der Waals surface area contributed by atoms with Gasteiger partial charge in [0.05, 0.1) is 13.2 Å². The number of rotatable bonds is 3. The van der Waals surface area contributed by atoms with Crippen molar-refractivity contribution in [3.8, 4) is 5.75 Å². The maximum Gasteiger partial charge on any atom is 0.121 e. The topological polar surface area (TPSA) is 58.7 Å². The van der Waals surface area contributed by atoms with Crippen LogP contribution >= 0.6 is 0 Å². The zero-order valence-electron chi connectivity index (χ0n) is 11.4. The third-order valence-corrected chi connectivity index (χ3v) is 4.45. The van der Waals surface area contributed by atoms with E-state index >= 15 is 0 Å². The summed E-state index contributed by atoms with van der Waals surface area (Å²) in [7, 11) is 1.67. The largest absolute Gasteiger partial charge is 0.497 e. The minimum Gasteiger partial charge on any atom is -0.497 e. The molecular formula is C15H22N2O2. The Bertz CT molecular complexity index is 449. The molecule has 0 aliphatic carbocycles. The van der Waals surface area contributed by atoms with Crippen molar-refractivity contribution < 1.29 is 9.84 Å². The Morgan fingerprint density at radius 2 is 1.95 bits per heavy atom. The van der Waals surface area contributed by atoms with Gasteiger partial charge in [-0.2, -0.15) is 0 Å². The fourth-order valence-corrected chi connectivity index (χ4v) is 3.61. The molecule has 19 heavy (non-hydrogen) atoms. The maximum atomic E-state index is 9.83. The van der Waals surface area contributed by atoms with E-state index < -0.39 is 0 Å². The molecule has 0 amide bonds. The number of piperidine rings is 1. The number of hydrogen-bond acceptors (Lipinski definition) is 4. The third-order valence-electron chi connectivity index (χ3n) is 4.45. The van der Waals surface area contributed by atoms with E-state index in [2.05, 4.69) is 11.0 Å². The molecule has 2 bridgehead atoms. The smallest absolute Gasteiger partial charge is 0.121 e. The third kappa shape index (κ3) is 2.55. The number of ether oxygens (including phenoxy) is 1. The van der Waals surface area contributed by atoms with Gasteiger partial charge < -0.3 is 15.6 Å². The van der Waals surface area contributed by atoms with Gasteiger partial charge in [-0.1, -0.05) is 0 Å². The molecule has 4 nitrogen and oxygen atoms in total. The van der Waals surface area contributed by atoms with Crippen molar-refractivity contribution in [3.63, 3.8) is 0 Å². The van der Waals surface area contributed by atoms with Crippen LogP contribution in [-0.2, 0) is 6.54 Å². The summed E-state index contributed by atoms with van der Waals surface area (Å²) >= 11 is 0. The molecule has 3 rings (SSSR count). The van der Waals surface area contributed by atoms with Gasteiger partial charge in [-0.3, -0.25) is 4.90 Å². The molecule has 1 aromatic carbocycles. The molecule has 0 radical (unpaired) electrons. The van der Waals surface area contributed by atoms with Crippen molar-refractivity contribution >= 4 is 5.69 Å². The maximum absolute atomic E-state index is 9.83.